The zero-order valence-electron chi connectivity index (χ0n) is 6.93. The van der Waals surface area contributed by atoms with Crippen LogP contribution in [0.1, 0.15) is 12.8 Å². The predicted octanol–water partition coefficient (Wildman–Crippen LogP) is -0.978. The summed E-state index contributed by atoms with van der Waals surface area (Å²) in [5, 5.41) is 8.61. The van der Waals surface area contributed by atoms with E-state index in [0.29, 0.717) is 4.31 Å². The number of hydrogen-bond donors (Lipinski definition) is 1. The lowest BCUT2D eigenvalue weighted by Crippen LogP contribution is -2.42. The number of amides is 1. The van der Waals surface area contributed by atoms with Crippen molar-refractivity contribution in [2.45, 2.75) is 18.9 Å². The minimum Gasteiger partial charge on any atom is -0.480 e. The lowest BCUT2D eigenvalue weighted by atomic mass is 10.2. The molecule has 7 heteroatoms. The van der Waals surface area contributed by atoms with Gasteiger partial charge in [0.15, 0.2) is 0 Å². The van der Waals surface area contributed by atoms with Crippen LogP contribution in [-0.4, -0.2) is 42.0 Å². The topological polar surface area (TPSA) is 91.8 Å². The normalized spacial score (nSPS) is 23.6. The molecule has 1 atom stereocenters. The smallest absolute Gasteiger partial charge is 0.327 e. The van der Waals surface area contributed by atoms with E-state index in [1.807, 2.05) is 0 Å². The van der Waals surface area contributed by atoms with Gasteiger partial charge in [-0.3, -0.25) is 4.79 Å². The number of nitrogens with zero attached hydrogens (tertiary/aromatic N) is 1. The van der Waals surface area contributed by atoms with Crippen molar-refractivity contribution in [2.24, 2.45) is 0 Å². The molecule has 1 aliphatic rings. The van der Waals surface area contributed by atoms with E-state index in [2.05, 4.69) is 0 Å². The highest BCUT2D eigenvalue weighted by Crippen LogP contribution is 2.21. The molecule has 6 nitrogen and oxygen atoms in total. The van der Waals surface area contributed by atoms with Crippen molar-refractivity contribution in [3.63, 3.8) is 0 Å². The summed E-state index contributed by atoms with van der Waals surface area (Å²) in [6.45, 7) is 0. The highest BCUT2D eigenvalue weighted by molar-refractivity contribution is 7.89. The van der Waals surface area contributed by atoms with Crippen molar-refractivity contribution < 1.29 is 23.1 Å². The second-order valence-electron chi connectivity index (χ2n) is 2.85. The van der Waals surface area contributed by atoms with Crippen molar-refractivity contribution in [2.75, 3.05) is 6.26 Å². The summed E-state index contributed by atoms with van der Waals surface area (Å²) < 4.78 is 22.4. The zero-order chi connectivity index (χ0) is 10.2. The van der Waals surface area contributed by atoms with Crippen molar-refractivity contribution in [3.8, 4) is 0 Å². The second kappa shape index (κ2) is 2.99. The molecule has 13 heavy (non-hydrogen) atoms. The van der Waals surface area contributed by atoms with E-state index in [-0.39, 0.29) is 12.8 Å². The lowest BCUT2D eigenvalue weighted by molar-refractivity contribution is -0.143. The minimum atomic E-state index is -3.74. The molecule has 1 fully saturated rings. The van der Waals surface area contributed by atoms with Gasteiger partial charge >= 0.3 is 5.97 Å². The third-order valence-corrected chi connectivity index (χ3v) is 2.98. The van der Waals surface area contributed by atoms with Gasteiger partial charge in [-0.25, -0.2) is 17.5 Å². The molecule has 0 saturated carbocycles. The molecular weight excluding hydrogens is 198 g/mol. The van der Waals surface area contributed by atoms with Crippen molar-refractivity contribution in [1.29, 1.82) is 0 Å². The first kappa shape index (κ1) is 9.97. The molecule has 1 amide bonds. The van der Waals surface area contributed by atoms with Crippen LogP contribution in [0.5, 0.6) is 0 Å². The third kappa shape index (κ3) is 1.80. The molecule has 0 aromatic rings. The quantitative estimate of drug-likeness (QED) is 0.628. The number of carbonyl (C=O) groups is 2. The van der Waals surface area contributed by atoms with E-state index in [9.17, 15) is 18.0 Å². The van der Waals surface area contributed by atoms with Crippen LogP contribution in [0, 0.1) is 0 Å². The molecule has 1 rings (SSSR count). The van der Waals surface area contributed by atoms with E-state index in [1.54, 1.807) is 0 Å². The Hall–Kier alpha value is -1.11. The fourth-order valence-corrected chi connectivity index (χ4v) is 2.42. The molecule has 0 spiro atoms. The van der Waals surface area contributed by atoms with Crippen LogP contribution in [0.2, 0.25) is 0 Å². The number of sulfonamides is 1. The molecule has 74 valence electrons. The average Bonchev–Trinajstić information content (AvgIpc) is 2.28. The molecule has 0 bridgehead atoms. The summed E-state index contributed by atoms with van der Waals surface area (Å²) >= 11 is 0. The van der Waals surface area contributed by atoms with Gasteiger partial charge in [0, 0.05) is 6.42 Å². The van der Waals surface area contributed by atoms with Crippen LogP contribution < -0.4 is 0 Å². The Labute approximate surface area is 75.2 Å². The molecule has 0 radical (unpaired) electrons. The molecular formula is C6H9NO5S. The van der Waals surface area contributed by atoms with E-state index in [1.165, 1.54) is 0 Å². The second-order valence-corrected chi connectivity index (χ2v) is 4.70. The Morgan fingerprint density at radius 3 is 2.46 bits per heavy atom. The maximum absolute atomic E-state index is 11.0. The molecule has 1 saturated heterocycles. The molecule has 1 N–H and O–H groups in total. The van der Waals surface area contributed by atoms with Crippen LogP contribution in [0.25, 0.3) is 0 Å². The maximum Gasteiger partial charge on any atom is 0.327 e. The van der Waals surface area contributed by atoms with Crippen LogP contribution >= 0.6 is 0 Å². The van der Waals surface area contributed by atoms with Gasteiger partial charge in [0.25, 0.3) is 0 Å². The molecule has 1 aliphatic heterocycles. The van der Waals surface area contributed by atoms with Gasteiger partial charge in [-0.1, -0.05) is 0 Å². The maximum atomic E-state index is 11.0. The Morgan fingerprint density at radius 2 is 2.15 bits per heavy atom. The minimum absolute atomic E-state index is 0.0238. The first-order valence-electron chi connectivity index (χ1n) is 3.59. The fraction of sp³-hybridized carbons (Fsp3) is 0.667. The lowest BCUT2D eigenvalue weighted by Gasteiger charge is -2.18. The van der Waals surface area contributed by atoms with Gasteiger partial charge in [0.1, 0.15) is 6.04 Å². The number of rotatable bonds is 2. The summed E-state index contributed by atoms with van der Waals surface area (Å²) in [7, 11) is -3.74. The molecule has 0 aromatic heterocycles. The molecule has 0 aromatic carbocycles. The average molecular weight is 207 g/mol. The molecule has 0 aliphatic carbocycles. The largest absolute Gasteiger partial charge is 0.480 e. The van der Waals surface area contributed by atoms with Crippen LogP contribution in [-0.2, 0) is 19.6 Å². The SMILES string of the molecule is CS(=O)(=O)N1C(=O)CCC1C(=O)O. The van der Waals surface area contributed by atoms with E-state index in [0.717, 1.165) is 6.26 Å². The van der Waals surface area contributed by atoms with Gasteiger partial charge < -0.3 is 5.11 Å². The van der Waals surface area contributed by atoms with E-state index >= 15 is 0 Å². The Balaban J connectivity index is 3.04. The monoisotopic (exact) mass is 207 g/mol. The zero-order valence-corrected chi connectivity index (χ0v) is 7.74. The number of carboxylic acid groups (broad SMARTS) is 1. The highest BCUT2D eigenvalue weighted by atomic mass is 32.2. The van der Waals surface area contributed by atoms with Crippen molar-refractivity contribution in [3.05, 3.63) is 0 Å². The van der Waals surface area contributed by atoms with Gasteiger partial charge in [-0.2, -0.15) is 0 Å². The Kier molecular flexibility index (Phi) is 2.29. The highest BCUT2D eigenvalue weighted by Gasteiger charge is 2.41. The van der Waals surface area contributed by atoms with Gasteiger partial charge in [0.2, 0.25) is 15.9 Å². The van der Waals surface area contributed by atoms with Crippen LogP contribution in [0.4, 0.5) is 0 Å². The van der Waals surface area contributed by atoms with Crippen molar-refractivity contribution >= 4 is 21.9 Å². The van der Waals surface area contributed by atoms with Crippen LogP contribution in [0.15, 0.2) is 0 Å². The summed E-state index contributed by atoms with van der Waals surface area (Å²) in [5.74, 6) is -1.92. The van der Waals surface area contributed by atoms with E-state index in [4.69, 9.17) is 5.11 Å². The van der Waals surface area contributed by atoms with Crippen LogP contribution in [0.3, 0.4) is 0 Å². The fourth-order valence-electron chi connectivity index (χ4n) is 1.30. The summed E-state index contributed by atoms with van der Waals surface area (Å²) in [6, 6.07) is -1.22. The Morgan fingerprint density at radius 1 is 1.62 bits per heavy atom. The summed E-state index contributed by atoms with van der Waals surface area (Å²) in [5.41, 5.74) is 0. The van der Waals surface area contributed by atoms with Crippen molar-refractivity contribution in [1.82, 2.24) is 4.31 Å². The number of carboxylic acids is 1. The summed E-state index contributed by atoms with van der Waals surface area (Å²) in [4.78, 5) is 21.6. The van der Waals surface area contributed by atoms with Gasteiger partial charge in [0.05, 0.1) is 6.26 Å². The molecule has 1 unspecified atom stereocenters. The molecule has 1 heterocycles. The predicted molar refractivity (Wildman–Crippen MR) is 42.3 cm³/mol. The van der Waals surface area contributed by atoms with E-state index < -0.39 is 27.9 Å². The first-order chi connectivity index (χ1) is 5.84. The standard InChI is InChI=1S/C6H9NO5S/c1-13(11,12)7-4(6(9)10)2-3-5(7)8/h4H,2-3H2,1H3,(H,9,10). The first-order valence-corrected chi connectivity index (χ1v) is 5.44. The number of carbonyl (C=O) groups excluding carboxylic acids is 1. The third-order valence-electron chi connectivity index (χ3n) is 1.80. The number of aliphatic carboxylic acids is 1. The van der Waals surface area contributed by atoms with Gasteiger partial charge in [-0.15, -0.1) is 0 Å². The number of hydrogen-bond acceptors (Lipinski definition) is 4. The Bertz CT molecular complexity index is 346. The van der Waals surface area contributed by atoms with Gasteiger partial charge in [-0.05, 0) is 6.42 Å². The summed E-state index contributed by atoms with van der Waals surface area (Å²) in [6.07, 6.45) is 0.859.